The monoisotopic (exact) mass is 359 g/mol. The molecule has 0 saturated carbocycles. The van der Waals surface area contributed by atoms with E-state index in [-0.39, 0.29) is 35.9 Å². The van der Waals surface area contributed by atoms with Gasteiger partial charge in [-0.05, 0) is 25.0 Å². The maximum Gasteiger partial charge on any atom is 0.340 e. The molecule has 1 aromatic rings. The van der Waals surface area contributed by atoms with E-state index in [0.717, 1.165) is 0 Å². The minimum Gasteiger partial charge on any atom is -0.496 e. The number of methoxy groups -OCH3 is 1. The van der Waals surface area contributed by atoms with Gasteiger partial charge < -0.3 is 31.3 Å². The highest BCUT2D eigenvalue weighted by atomic mass is 16.5. The molecule has 0 saturated heterocycles. The molecule has 0 aliphatic carbocycles. The van der Waals surface area contributed by atoms with Gasteiger partial charge in [-0.1, -0.05) is 6.07 Å². The summed E-state index contributed by atoms with van der Waals surface area (Å²) in [5.74, 6) is -4.31. The van der Waals surface area contributed by atoms with E-state index in [1.165, 1.54) is 25.3 Å². The van der Waals surface area contributed by atoms with E-state index in [2.05, 4.69) is 0 Å². The molecule has 0 spiro atoms. The molecule has 10 nitrogen and oxygen atoms in total. The smallest absolute Gasteiger partial charge is 0.340 e. The number of carbonyl (C=O) groups is 4. The van der Waals surface area contributed by atoms with E-state index in [9.17, 15) is 19.2 Å². The van der Waals surface area contributed by atoms with Crippen molar-refractivity contribution in [3.63, 3.8) is 0 Å². The van der Waals surface area contributed by atoms with Gasteiger partial charge in [0, 0.05) is 12.8 Å². The maximum absolute atomic E-state index is 10.8. The van der Waals surface area contributed by atoms with Gasteiger partial charge in [-0.2, -0.15) is 0 Å². The fourth-order valence-corrected chi connectivity index (χ4v) is 1.65. The van der Waals surface area contributed by atoms with E-state index < -0.39 is 23.9 Å². The molecule has 0 unspecified atom stereocenters. The fourth-order valence-electron chi connectivity index (χ4n) is 1.65. The first-order valence-electron chi connectivity index (χ1n) is 6.77. The topological polar surface area (TPSA) is 193 Å². The van der Waals surface area contributed by atoms with Crippen molar-refractivity contribution in [3.8, 4) is 5.75 Å². The average Bonchev–Trinajstić information content (AvgIpc) is 2.50. The molecule has 0 aromatic heterocycles. The summed E-state index contributed by atoms with van der Waals surface area (Å²) in [5.41, 5.74) is -0.612. The number of rotatable bonds is 8. The molecule has 0 fully saturated rings. The second-order valence-corrected chi connectivity index (χ2v) is 4.49. The van der Waals surface area contributed by atoms with Crippen molar-refractivity contribution in [2.24, 2.45) is 0 Å². The number of aromatic carboxylic acids is 2. The highest BCUT2D eigenvalue weighted by Gasteiger charge is 2.20. The Morgan fingerprint density at radius 2 is 1.36 bits per heavy atom. The molecule has 0 atom stereocenters. The van der Waals surface area contributed by atoms with Crippen LogP contribution in [0.15, 0.2) is 18.2 Å². The Kier molecular flexibility index (Phi) is 11.9. The van der Waals surface area contributed by atoms with Crippen LogP contribution in [0.4, 0.5) is 0 Å². The summed E-state index contributed by atoms with van der Waals surface area (Å²) in [6.07, 6.45) is 1.02. The van der Waals surface area contributed by atoms with Gasteiger partial charge in [-0.25, -0.2) is 9.59 Å². The minimum absolute atomic E-state index is 0. The number of carboxylic acids is 4. The summed E-state index contributed by atoms with van der Waals surface area (Å²) < 4.78 is 4.75. The number of hydrogen-bond donors (Lipinski definition) is 5. The second kappa shape index (κ2) is 12.3. The molecule has 140 valence electrons. The van der Waals surface area contributed by atoms with Crippen molar-refractivity contribution in [1.29, 1.82) is 0 Å². The molecular formula is C15H21NO9. The Hall–Kier alpha value is -3.14. The van der Waals surface area contributed by atoms with Gasteiger partial charge in [0.1, 0.15) is 11.3 Å². The van der Waals surface area contributed by atoms with Crippen molar-refractivity contribution >= 4 is 23.9 Å². The van der Waals surface area contributed by atoms with E-state index in [0.29, 0.717) is 12.8 Å². The lowest BCUT2D eigenvalue weighted by atomic mass is 10.1. The standard InChI is InChI=1S/C9H8O5.C6H10O4.H3N/c1-14-6-4-2-3-5(8(10)11)7(6)9(12)13;7-5(8)3-1-2-4-6(9)10;/h2-4H,1H3,(H,10,11)(H,12,13);1-4H2,(H,7,8)(H,9,10);1H3. The van der Waals surface area contributed by atoms with Gasteiger partial charge in [0.15, 0.2) is 0 Å². The predicted molar refractivity (Wildman–Crippen MR) is 85.7 cm³/mol. The normalized spacial score (nSPS) is 9.00. The summed E-state index contributed by atoms with van der Waals surface area (Å²) in [4.78, 5) is 41.2. The van der Waals surface area contributed by atoms with Gasteiger partial charge in [-0.3, -0.25) is 9.59 Å². The third kappa shape index (κ3) is 9.56. The summed E-state index contributed by atoms with van der Waals surface area (Å²) in [6.45, 7) is 0. The van der Waals surface area contributed by atoms with Crippen molar-refractivity contribution in [2.75, 3.05) is 7.11 Å². The molecule has 0 heterocycles. The zero-order chi connectivity index (χ0) is 18.7. The summed E-state index contributed by atoms with van der Waals surface area (Å²) in [7, 11) is 1.29. The number of ether oxygens (including phenoxy) is 1. The van der Waals surface area contributed by atoms with Gasteiger partial charge in [0.25, 0.3) is 0 Å². The number of unbranched alkanes of at least 4 members (excludes halogenated alkanes) is 1. The first kappa shape index (κ1) is 24.1. The van der Waals surface area contributed by atoms with Crippen LogP contribution in [0.25, 0.3) is 0 Å². The highest BCUT2D eigenvalue weighted by molar-refractivity contribution is 6.03. The van der Waals surface area contributed by atoms with Gasteiger partial charge in [0.2, 0.25) is 0 Å². The quantitative estimate of drug-likeness (QED) is 0.428. The van der Waals surface area contributed by atoms with Crippen LogP contribution in [0.3, 0.4) is 0 Å². The third-order valence-electron chi connectivity index (χ3n) is 2.72. The molecule has 0 amide bonds. The minimum atomic E-state index is -1.32. The molecular weight excluding hydrogens is 338 g/mol. The zero-order valence-corrected chi connectivity index (χ0v) is 13.6. The fraction of sp³-hybridized carbons (Fsp3) is 0.333. The van der Waals surface area contributed by atoms with Crippen LogP contribution in [0.2, 0.25) is 0 Å². The molecule has 1 aromatic carbocycles. The molecule has 0 aliphatic heterocycles. The molecule has 1 rings (SSSR count). The van der Waals surface area contributed by atoms with Crippen LogP contribution in [0.1, 0.15) is 46.4 Å². The molecule has 7 N–H and O–H groups in total. The van der Waals surface area contributed by atoms with Crippen LogP contribution < -0.4 is 10.9 Å². The van der Waals surface area contributed by atoms with Gasteiger partial charge in [-0.15, -0.1) is 0 Å². The van der Waals surface area contributed by atoms with Crippen LogP contribution in [0.5, 0.6) is 5.75 Å². The van der Waals surface area contributed by atoms with E-state index >= 15 is 0 Å². The number of hydrogen-bond acceptors (Lipinski definition) is 6. The lowest BCUT2D eigenvalue weighted by Crippen LogP contribution is -2.09. The van der Waals surface area contributed by atoms with E-state index in [4.69, 9.17) is 25.2 Å². The van der Waals surface area contributed by atoms with Crippen molar-refractivity contribution in [3.05, 3.63) is 29.3 Å². The molecule has 25 heavy (non-hydrogen) atoms. The summed E-state index contributed by atoms with van der Waals surface area (Å²) in [5, 5.41) is 33.8. The van der Waals surface area contributed by atoms with Crippen molar-refractivity contribution in [1.82, 2.24) is 6.15 Å². The Bertz CT molecular complexity index is 597. The van der Waals surface area contributed by atoms with Crippen molar-refractivity contribution in [2.45, 2.75) is 25.7 Å². The lowest BCUT2D eigenvalue weighted by Gasteiger charge is -2.06. The van der Waals surface area contributed by atoms with Crippen LogP contribution in [0, 0.1) is 0 Å². The van der Waals surface area contributed by atoms with Gasteiger partial charge >= 0.3 is 23.9 Å². The lowest BCUT2D eigenvalue weighted by molar-refractivity contribution is -0.139. The summed E-state index contributed by atoms with van der Waals surface area (Å²) in [6, 6.07) is 4.04. The second-order valence-electron chi connectivity index (χ2n) is 4.49. The van der Waals surface area contributed by atoms with Crippen molar-refractivity contribution < 1.29 is 44.3 Å². The Morgan fingerprint density at radius 3 is 1.68 bits per heavy atom. The SMILES string of the molecule is COc1cccc(C(=O)O)c1C(=O)O.N.O=C(O)CCCCC(=O)O. The van der Waals surface area contributed by atoms with E-state index in [1.807, 2.05) is 0 Å². The molecule has 0 aliphatic rings. The number of aliphatic carboxylic acids is 2. The summed E-state index contributed by atoms with van der Waals surface area (Å²) >= 11 is 0. The maximum atomic E-state index is 10.8. The van der Waals surface area contributed by atoms with E-state index in [1.54, 1.807) is 0 Å². The Balaban J connectivity index is 0. The van der Waals surface area contributed by atoms with Crippen LogP contribution in [-0.2, 0) is 9.59 Å². The molecule has 10 heteroatoms. The molecule has 0 bridgehead atoms. The average molecular weight is 359 g/mol. The van der Waals surface area contributed by atoms with Gasteiger partial charge in [0.05, 0.1) is 12.7 Å². The first-order chi connectivity index (χ1) is 11.2. The first-order valence-corrected chi connectivity index (χ1v) is 6.77. The number of benzene rings is 1. The predicted octanol–water partition coefficient (Wildman–Crippen LogP) is 1.97. The van der Waals surface area contributed by atoms with Crippen LogP contribution in [-0.4, -0.2) is 51.4 Å². The number of carboxylic acid groups (broad SMARTS) is 4. The Labute approximate surface area is 143 Å². The highest BCUT2D eigenvalue weighted by Crippen LogP contribution is 2.22. The largest absolute Gasteiger partial charge is 0.496 e. The Morgan fingerprint density at radius 1 is 0.880 bits per heavy atom. The van der Waals surface area contributed by atoms with Crippen LogP contribution >= 0.6 is 0 Å². The zero-order valence-electron chi connectivity index (χ0n) is 13.6. The third-order valence-corrected chi connectivity index (χ3v) is 2.72. The molecule has 0 radical (unpaired) electrons.